The van der Waals surface area contributed by atoms with E-state index in [4.69, 9.17) is 9.84 Å². The summed E-state index contributed by atoms with van der Waals surface area (Å²) in [4.78, 5) is 35.2. The molecule has 0 spiro atoms. The molecule has 3 N–H and O–H groups in total. The molecular weight excluding hydrogens is 384 g/mol. The van der Waals surface area contributed by atoms with Crippen LogP contribution >= 0.6 is 0 Å². The van der Waals surface area contributed by atoms with Crippen LogP contribution in [-0.2, 0) is 14.4 Å². The van der Waals surface area contributed by atoms with Crippen molar-refractivity contribution in [3.8, 4) is 5.75 Å². The molecule has 166 valence electrons. The average Bonchev–Trinajstić information content (AvgIpc) is 2.74. The molecule has 0 aromatic heterocycles. The number of rotatable bonds is 17. The molecule has 0 aliphatic heterocycles. The molecule has 0 radical (unpaired) electrons. The molecule has 1 atom stereocenters. The maximum Gasteiger partial charge on any atom is 0.322 e. The number of benzene rings is 1. The fraction of sp³-hybridized carbons (Fsp3) is 0.522. The topological polar surface area (TPSA) is 105 Å². The van der Waals surface area contributed by atoms with Crippen LogP contribution in [0.15, 0.2) is 43.0 Å². The number of carboxylic acid groups (broad SMARTS) is 1. The van der Waals surface area contributed by atoms with Crippen molar-refractivity contribution >= 4 is 17.8 Å². The van der Waals surface area contributed by atoms with Gasteiger partial charge in [-0.25, -0.2) is 0 Å². The molecule has 2 amide bonds. The molecule has 0 unspecified atom stereocenters. The van der Waals surface area contributed by atoms with Crippen LogP contribution in [0, 0.1) is 0 Å². The first-order valence-electron chi connectivity index (χ1n) is 10.6. The largest absolute Gasteiger partial charge is 0.494 e. The fourth-order valence-corrected chi connectivity index (χ4v) is 2.91. The van der Waals surface area contributed by atoms with Crippen molar-refractivity contribution in [1.82, 2.24) is 10.6 Å². The molecule has 30 heavy (non-hydrogen) atoms. The van der Waals surface area contributed by atoms with Gasteiger partial charge in [-0.15, -0.1) is 6.58 Å². The van der Waals surface area contributed by atoms with Crippen molar-refractivity contribution in [2.45, 2.75) is 63.8 Å². The minimum absolute atomic E-state index is 0.211. The van der Waals surface area contributed by atoms with Crippen LogP contribution in [0.25, 0.3) is 0 Å². The molecular formula is C23H34N2O5. The first kappa shape index (κ1) is 25.2. The molecule has 0 saturated carbocycles. The molecule has 0 fully saturated rings. The van der Waals surface area contributed by atoms with Gasteiger partial charge in [0.2, 0.25) is 11.8 Å². The Balaban J connectivity index is 2.37. The highest BCUT2D eigenvalue weighted by Crippen LogP contribution is 2.10. The van der Waals surface area contributed by atoms with E-state index in [1.165, 1.54) is 6.42 Å². The average molecular weight is 419 g/mol. The highest BCUT2D eigenvalue weighted by atomic mass is 16.5. The van der Waals surface area contributed by atoms with Crippen LogP contribution in [0.1, 0.15) is 57.8 Å². The second-order valence-corrected chi connectivity index (χ2v) is 7.13. The van der Waals surface area contributed by atoms with Gasteiger partial charge in [-0.05, 0) is 31.4 Å². The summed E-state index contributed by atoms with van der Waals surface area (Å²) in [6.07, 6.45) is 9.84. The number of allylic oxidation sites excluding steroid dienone is 1. The van der Waals surface area contributed by atoms with Gasteiger partial charge in [0.15, 0.2) is 0 Å². The van der Waals surface area contributed by atoms with Gasteiger partial charge in [0.25, 0.3) is 0 Å². The van der Waals surface area contributed by atoms with Crippen LogP contribution in [0.5, 0.6) is 5.75 Å². The standard InChI is InChI=1S/C23H34N2O5/c1-2-3-4-5-6-7-8-12-15-21(26)25-20(23(29)24-18-22(27)28)16-17-30-19-13-10-9-11-14-19/h2,9-11,13-14,20H,1,3-8,12,15-18H2,(H,24,29)(H,25,26)(H,27,28)/t20-/m0/s1. The van der Waals surface area contributed by atoms with Crippen molar-refractivity contribution in [2.24, 2.45) is 0 Å². The highest BCUT2D eigenvalue weighted by Gasteiger charge is 2.21. The number of carbonyl (C=O) groups excluding carboxylic acids is 2. The molecule has 0 aliphatic carbocycles. The third-order valence-electron chi connectivity index (χ3n) is 4.55. The summed E-state index contributed by atoms with van der Waals surface area (Å²) in [5.41, 5.74) is 0. The lowest BCUT2D eigenvalue weighted by Crippen LogP contribution is -2.48. The van der Waals surface area contributed by atoms with Crippen LogP contribution in [0.2, 0.25) is 0 Å². The Morgan fingerprint density at radius 3 is 2.37 bits per heavy atom. The Labute approximate surface area is 178 Å². The molecule has 1 aromatic rings. The molecule has 1 aromatic carbocycles. The van der Waals surface area contributed by atoms with Crippen LogP contribution in [0.4, 0.5) is 0 Å². The van der Waals surface area contributed by atoms with E-state index < -0.39 is 24.5 Å². The summed E-state index contributed by atoms with van der Waals surface area (Å²) in [6, 6.07) is 8.32. The number of aliphatic carboxylic acids is 1. The number of unbranched alkanes of at least 4 members (excludes halogenated alkanes) is 6. The van der Waals surface area contributed by atoms with E-state index in [1.54, 1.807) is 12.1 Å². The zero-order valence-electron chi connectivity index (χ0n) is 17.6. The molecule has 0 aliphatic rings. The smallest absolute Gasteiger partial charge is 0.322 e. The summed E-state index contributed by atoms with van der Waals surface area (Å²) >= 11 is 0. The maximum absolute atomic E-state index is 12.3. The van der Waals surface area contributed by atoms with Gasteiger partial charge < -0.3 is 20.5 Å². The Morgan fingerprint density at radius 1 is 1.03 bits per heavy atom. The second-order valence-electron chi connectivity index (χ2n) is 7.13. The van der Waals surface area contributed by atoms with Crippen LogP contribution in [0.3, 0.4) is 0 Å². The normalized spacial score (nSPS) is 11.3. The van der Waals surface area contributed by atoms with Gasteiger partial charge >= 0.3 is 5.97 Å². The van der Waals surface area contributed by atoms with E-state index in [1.807, 2.05) is 24.3 Å². The predicted molar refractivity (Wildman–Crippen MR) is 116 cm³/mol. The van der Waals surface area contributed by atoms with E-state index in [2.05, 4.69) is 17.2 Å². The lowest BCUT2D eigenvalue weighted by atomic mass is 10.1. The third kappa shape index (κ3) is 12.6. The minimum atomic E-state index is -1.14. The Morgan fingerprint density at radius 2 is 1.70 bits per heavy atom. The fourth-order valence-electron chi connectivity index (χ4n) is 2.91. The molecule has 1 rings (SSSR count). The Bertz CT molecular complexity index is 648. The summed E-state index contributed by atoms with van der Waals surface area (Å²) in [5, 5.41) is 13.8. The lowest BCUT2D eigenvalue weighted by molar-refractivity contribution is -0.138. The molecule has 7 nitrogen and oxygen atoms in total. The number of hydrogen-bond donors (Lipinski definition) is 3. The monoisotopic (exact) mass is 418 g/mol. The van der Waals surface area contributed by atoms with E-state index in [0.29, 0.717) is 12.2 Å². The number of hydrogen-bond acceptors (Lipinski definition) is 4. The summed E-state index contributed by atoms with van der Waals surface area (Å²) in [5.74, 6) is -1.20. The molecule has 0 saturated heterocycles. The number of carbonyl (C=O) groups is 3. The first-order chi connectivity index (χ1) is 14.5. The summed E-state index contributed by atoms with van der Waals surface area (Å²) < 4.78 is 5.59. The predicted octanol–water partition coefficient (Wildman–Crippen LogP) is 3.45. The highest BCUT2D eigenvalue weighted by molar-refractivity contribution is 5.89. The third-order valence-corrected chi connectivity index (χ3v) is 4.55. The van der Waals surface area contributed by atoms with Crippen LogP contribution in [-0.4, -0.2) is 42.1 Å². The summed E-state index contributed by atoms with van der Waals surface area (Å²) in [6.45, 7) is 3.44. The van der Waals surface area contributed by atoms with E-state index >= 15 is 0 Å². The van der Waals surface area contributed by atoms with E-state index in [-0.39, 0.29) is 18.9 Å². The zero-order valence-corrected chi connectivity index (χ0v) is 17.6. The Hall–Kier alpha value is -2.83. The SMILES string of the molecule is C=CCCCCCCCCC(=O)N[C@@H](CCOc1ccccc1)C(=O)NCC(=O)O. The van der Waals surface area contributed by atoms with Gasteiger partial charge in [-0.3, -0.25) is 14.4 Å². The maximum atomic E-state index is 12.3. The van der Waals surface area contributed by atoms with E-state index in [0.717, 1.165) is 38.5 Å². The van der Waals surface area contributed by atoms with Gasteiger partial charge in [-0.2, -0.15) is 0 Å². The van der Waals surface area contributed by atoms with Gasteiger partial charge in [0.05, 0.1) is 6.61 Å². The molecule has 0 bridgehead atoms. The van der Waals surface area contributed by atoms with Gasteiger partial charge in [-0.1, -0.05) is 50.0 Å². The van der Waals surface area contributed by atoms with Crippen molar-refractivity contribution in [3.05, 3.63) is 43.0 Å². The zero-order chi connectivity index (χ0) is 22.0. The number of carboxylic acids is 1. The van der Waals surface area contributed by atoms with Crippen molar-refractivity contribution in [3.63, 3.8) is 0 Å². The second kappa shape index (κ2) is 16.0. The molecule has 7 heteroatoms. The van der Waals surface area contributed by atoms with Gasteiger partial charge in [0.1, 0.15) is 18.3 Å². The quantitative estimate of drug-likeness (QED) is 0.265. The summed E-state index contributed by atoms with van der Waals surface area (Å²) in [7, 11) is 0. The van der Waals surface area contributed by atoms with Gasteiger partial charge in [0, 0.05) is 12.8 Å². The minimum Gasteiger partial charge on any atom is -0.494 e. The number of ether oxygens (including phenoxy) is 1. The van der Waals surface area contributed by atoms with Crippen LogP contribution < -0.4 is 15.4 Å². The van der Waals surface area contributed by atoms with Crippen molar-refractivity contribution in [2.75, 3.05) is 13.2 Å². The van der Waals surface area contributed by atoms with Crippen molar-refractivity contribution < 1.29 is 24.2 Å². The number of para-hydroxylation sites is 1. The number of amides is 2. The first-order valence-corrected chi connectivity index (χ1v) is 10.6. The Kier molecular flexibility index (Phi) is 13.5. The van der Waals surface area contributed by atoms with E-state index in [9.17, 15) is 14.4 Å². The lowest BCUT2D eigenvalue weighted by Gasteiger charge is -2.18. The number of nitrogens with one attached hydrogen (secondary N) is 2. The molecule has 0 heterocycles. The van der Waals surface area contributed by atoms with Crippen molar-refractivity contribution in [1.29, 1.82) is 0 Å².